The number of cyclic esters (lactones) is 1. The van der Waals surface area contributed by atoms with Gasteiger partial charge in [0.15, 0.2) is 18.4 Å². The van der Waals surface area contributed by atoms with Gasteiger partial charge in [0, 0.05) is 113 Å². The predicted molar refractivity (Wildman–Crippen MR) is 286 cm³/mol. The quantitative estimate of drug-likeness (QED) is 0.0278. The van der Waals surface area contributed by atoms with Crippen LogP contribution < -0.4 is 9.37 Å². The third-order valence-electron chi connectivity index (χ3n) is 15.3. The van der Waals surface area contributed by atoms with Crippen molar-refractivity contribution in [1.82, 2.24) is 33.4 Å². The first-order valence-electron chi connectivity index (χ1n) is 26.4. The van der Waals surface area contributed by atoms with Crippen LogP contribution in [0.4, 0.5) is 0 Å². The molecule has 0 saturated carbocycles. The Morgan fingerprint density at radius 2 is 1.68 bits per heavy atom. The normalized spacial score (nSPS) is 34.8. The number of hydrazine groups is 1. The SMILES string of the molecule is CC[C@H]1OC(=O)[C@H](C)[C@@H](O[C@H]2C[C@@](C)(OC)C[C@H](C)O2)C[C@@H](O[C@H]2C[C@@H](N(C)CC/C(N)=C/N(CCCCc3ccc(-n4cc(C(C)=O)nn4)cc3)NI)C[C@@H](C)O2)[C@](C)(O)C[C@@H](C)CN(C)[C@H](C)[C@@H](O)[C@@H]1O. The van der Waals surface area contributed by atoms with E-state index in [0.717, 1.165) is 43.6 Å². The molecule has 3 aliphatic heterocycles. The highest BCUT2D eigenvalue weighted by Crippen LogP contribution is 2.37. The zero-order valence-electron chi connectivity index (χ0n) is 45.6. The molecule has 0 unspecified atom stereocenters. The Kier molecular flexibility index (Phi) is 23.4. The molecule has 0 amide bonds. The minimum atomic E-state index is -1.43. The van der Waals surface area contributed by atoms with Crippen LogP contribution in [0.3, 0.4) is 0 Å². The second-order valence-electron chi connectivity index (χ2n) is 21.9. The van der Waals surface area contributed by atoms with Crippen LogP contribution in [0.5, 0.6) is 0 Å². The number of unbranched alkanes of at least 4 members (excludes halogenated alkanes) is 1. The van der Waals surface area contributed by atoms with E-state index in [0.29, 0.717) is 50.9 Å². The summed E-state index contributed by atoms with van der Waals surface area (Å²) in [7, 11) is 5.65. The van der Waals surface area contributed by atoms with Gasteiger partial charge in [-0.05, 0) is 118 Å². The Morgan fingerprint density at radius 1 is 0.986 bits per heavy atom. The number of ether oxygens (including phenoxy) is 6. The van der Waals surface area contributed by atoms with Crippen molar-refractivity contribution < 1.29 is 53.3 Å². The number of carbonyl (C=O) groups is 2. The fraction of sp³-hybridized carbons (Fsp3) is 0.774. The van der Waals surface area contributed by atoms with Gasteiger partial charge < -0.3 is 64.3 Å². The highest BCUT2D eigenvalue weighted by Gasteiger charge is 2.46. The predicted octanol–water partition coefficient (Wildman–Crippen LogP) is 5.85. The summed E-state index contributed by atoms with van der Waals surface area (Å²) in [4.78, 5) is 30.1. The number of nitrogens with zero attached hydrogens (tertiary/aromatic N) is 6. The number of methoxy groups -OCH3 is 1. The number of nitrogens with one attached hydrogen (secondary N) is 1. The Bertz CT molecular complexity index is 2050. The van der Waals surface area contributed by atoms with Crippen LogP contribution >= 0.6 is 22.9 Å². The molecule has 20 heteroatoms. The second kappa shape index (κ2) is 28.0. The lowest BCUT2D eigenvalue weighted by Crippen LogP contribution is -2.52. The number of benzene rings is 1. The average molecular weight is 1140 g/mol. The molecule has 0 aliphatic carbocycles. The van der Waals surface area contributed by atoms with Crippen LogP contribution in [0.15, 0.2) is 42.4 Å². The summed E-state index contributed by atoms with van der Waals surface area (Å²) in [5.41, 5.74) is 7.84. The molecule has 0 spiro atoms. The van der Waals surface area contributed by atoms with E-state index in [2.05, 4.69) is 60.9 Å². The van der Waals surface area contributed by atoms with Crippen molar-refractivity contribution in [3.63, 3.8) is 0 Å². The topological polar surface area (TPSA) is 229 Å². The van der Waals surface area contributed by atoms with E-state index in [9.17, 15) is 24.9 Å². The standard InChI is InChI=1S/C53H89IN8O11/c1-13-44-50(65)49(64)37(6)60(11)30-33(2)27-53(9,67)46(26-45(36(5)51(66)72-44)71-48-29-52(8,68-12)28-35(4)70-48)73-47-25-42(24-34(3)69-47)59(10)23-21-40(55)31-61(57-54)22-15-14-16-39-17-19-41(20-18-39)62-32-43(38(7)63)56-58-62/h17-20,31-37,42,44-50,57,64-65,67H,13-16,21-30,55H2,1-12H3/b40-31-/t33-,34-,35+,36-,37-,42+,44-,45+,46-,47+,48+,49-,50-,52+,53-/m1/s1. The molecule has 3 saturated heterocycles. The number of Topliss-reactive ketones (excluding diaryl/α,β-unsaturated/α-hetero) is 1. The van der Waals surface area contributed by atoms with Gasteiger partial charge in [-0.3, -0.25) is 9.59 Å². The molecule has 5 rings (SSSR count). The van der Waals surface area contributed by atoms with E-state index in [4.69, 9.17) is 34.2 Å². The van der Waals surface area contributed by atoms with E-state index in [1.165, 1.54) is 12.5 Å². The number of hydrogen-bond donors (Lipinski definition) is 5. The first kappa shape index (κ1) is 61.0. The Labute approximate surface area is 448 Å². The maximum atomic E-state index is 14.2. The van der Waals surface area contributed by atoms with Crippen LogP contribution in [-0.2, 0) is 39.6 Å². The number of aromatic nitrogens is 3. The molecular formula is C53H89IN8O11. The number of carbonyl (C=O) groups excluding carboxylic acids is 2. The van der Waals surface area contributed by atoms with Gasteiger partial charge in [-0.15, -0.1) is 5.10 Å². The van der Waals surface area contributed by atoms with Crippen LogP contribution in [0.1, 0.15) is 143 Å². The first-order chi connectivity index (χ1) is 34.4. The van der Waals surface area contributed by atoms with Gasteiger partial charge in [0.05, 0.1) is 59.5 Å². The molecule has 2 aromatic rings. The number of aliphatic hydroxyl groups excluding tert-OH is 2. The molecule has 414 valence electrons. The first-order valence-corrected chi connectivity index (χ1v) is 27.5. The number of halogens is 1. The fourth-order valence-corrected chi connectivity index (χ4v) is 11.0. The Hall–Kier alpha value is -2.87. The highest BCUT2D eigenvalue weighted by molar-refractivity contribution is 14.1. The van der Waals surface area contributed by atoms with E-state index >= 15 is 0 Å². The van der Waals surface area contributed by atoms with E-state index in [1.807, 2.05) is 76.8 Å². The maximum Gasteiger partial charge on any atom is 0.311 e. The lowest BCUT2D eigenvalue weighted by molar-refractivity contribution is -0.278. The molecule has 1 aromatic heterocycles. The van der Waals surface area contributed by atoms with Crippen molar-refractivity contribution in [1.29, 1.82) is 0 Å². The number of likely N-dealkylation sites (N-methyl/N-ethyl adjacent to an activating group) is 1. The number of rotatable bonds is 19. The van der Waals surface area contributed by atoms with Gasteiger partial charge in [-0.1, -0.05) is 31.2 Å². The lowest BCUT2D eigenvalue weighted by Gasteiger charge is -2.45. The zero-order valence-corrected chi connectivity index (χ0v) is 47.8. The lowest BCUT2D eigenvalue weighted by atomic mass is 9.83. The summed E-state index contributed by atoms with van der Waals surface area (Å²) in [6.07, 6.45) is 3.20. The highest BCUT2D eigenvalue weighted by atomic mass is 127. The number of esters is 1. The van der Waals surface area contributed by atoms with Gasteiger partial charge in [0.1, 0.15) is 17.9 Å². The molecular weight excluding hydrogens is 1050 g/mol. The summed E-state index contributed by atoms with van der Waals surface area (Å²) in [5.74, 6) is -1.69. The van der Waals surface area contributed by atoms with Gasteiger partial charge in [-0.2, -0.15) is 3.64 Å². The number of aliphatic hydroxyl groups is 3. The molecule has 3 fully saturated rings. The van der Waals surface area contributed by atoms with Crippen molar-refractivity contribution in [2.75, 3.05) is 40.8 Å². The molecule has 4 heterocycles. The maximum absolute atomic E-state index is 14.2. The van der Waals surface area contributed by atoms with E-state index in [1.54, 1.807) is 31.8 Å². The van der Waals surface area contributed by atoms with Crippen molar-refractivity contribution in [3.05, 3.63) is 53.6 Å². The van der Waals surface area contributed by atoms with Gasteiger partial charge in [0.25, 0.3) is 0 Å². The summed E-state index contributed by atoms with van der Waals surface area (Å²) < 4.78 is 43.4. The summed E-state index contributed by atoms with van der Waals surface area (Å²) >= 11 is 2.13. The fourth-order valence-electron chi connectivity index (χ4n) is 10.6. The van der Waals surface area contributed by atoms with Crippen molar-refractivity contribution in [2.24, 2.45) is 17.6 Å². The number of nitrogens with two attached hydrogens (primary N) is 1. The monoisotopic (exact) mass is 1140 g/mol. The average Bonchev–Trinajstić information content (AvgIpc) is 3.85. The minimum Gasteiger partial charge on any atom is -0.459 e. The van der Waals surface area contributed by atoms with Crippen LogP contribution in [0.2, 0.25) is 0 Å². The van der Waals surface area contributed by atoms with Crippen molar-refractivity contribution >= 4 is 34.6 Å². The molecule has 19 nitrogen and oxygen atoms in total. The van der Waals surface area contributed by atoms with Crippen LogP contribution in [0, 0.1) is 11.8 Å². The van der Waals surface area contributed by atoms with E-state index < -0.39 is 72.2 Å². The largest absolute Gasteiger partial charge is 0.459 e. The number of hydrogen-bond acceptors (Lipinski definition) is 18. The molecule has 3 aliphatic rings. The molecule has 0 bridgehead atoms. The molecule has 1 aromatic carbocycles. The smallest absolute Gasteiger partial charge is 0.311 e. The zero-order chi connectivity index (χ0) is 53.8. The molecule has 15 atom stereocenters. The third kappa shape index (κ3) is 17.8. The Morgan fingerprint density at radius 3 is 2.33 bits per heavy atom. The number of aryl methyl sites for hydroxylation is 1. The van der Waals surface area contributed by atoms with Crippen molar-refractivity contribution in [3.8, 4) is 5.69 Å². The van der Waals surface area contributed by atoms with Gasteiger partial charge in [-0.25, -0.2) is 4.68 Å². The molecule has 0 radical (unpaired) electrons. The molecule has 73 heavy (non-hydrogen) atoms. The van der Waals surface area contributed by atoms with Crippen LogP contribution in [-0.4, -0.2) is 176 Å². The van der Waals surface area contributed by atoms with Crippen LogP contribution in [0.25, 0.3) is 5.69 Å². The summed E-state index contributed by atoms with van der Waals surface area (Å²) in [6, 6.07) is 7.73. The van der Waals surface area contributed by atoms with E-state index in [-0.39, 0.29) is 42.8 Å². The second-order valence-corrected chi connectivity index (χ2v) is 22.4. The Balaban J connectivity index is 1.26. The van der Waals surface area contributed by atoms with Gasteiger partial charge in [0.2, 0.25) is 0 Å². The van der Waals surface area contributed by atoms with Gasteiger partial charge >= 0.3 is 5.97 Å². The molecule has 6 N–H and O–H groups in total. The number of ketones is 1. The summed E-state index contributed by atoms with van der Waals surface area (Å²) in [6.45, 7) is 18.7. The summed E-state index contributed by atoms with van der Waals surface area (Å²) in [5, 5.41) is 45.4. The minimum absolute atomic E-state index is 0.0764. The van der Waals surface area contributed by atoms with Crippen molar-refractivity contribution in [2.45, 2.75) is 212 Å². The third-order valence-corrected chi connectivity index (χ3v) is 15.9.